The molecule has 0 amide bonds. The smallest absolute Gasteiger partial charge is 0.0568 e. The summed E-state index contributed by atoms with van der Waals surface area (Å²) in [7, 11) is 1.93. The van der Waals surface area contributed by atoms with Gasteiger partial charge in [0.1, 0.15) is 0 Å². The lowest BCUT2D eigenvalue weighted by Gasteiger charge is -2.07. The van der Waals surface area contributed by atoms with Crippen LogP contribution in [0.5, 0.6) is 0 Å². The van der Waals surface area contributed by atoms with Gasteiger partial charge in [-0.15, -0.1) is 0 Å². The van der Waals surface area contributed by atoms with E-state index in [1.165, 1.54) is 16.5 Å². The second-order valence-electron chi connectivity index (χ2n) is 5.39. The van der Waals surface area contributed by atoms with Crippen LogP contribution in [0.15, 0.2) is 73.3 Å². The van der Waals surface area contributed by atoms with E-state index in [4.69, 9.17) is 0 Å². The molecule has 0 aliphatic rings. The van der Waals surface area contributed by atoms with Crippen LogP contribution in [0.25, 0.3) is 33.0 Å². The zero-order valence-electron chi connectivity index (χ0n) is 12.3. The number of rotatable bonds is 2. The van der Waals surface area contributed by atoms with Crippen LogP contribution in [0.3, 0.4) is 0 Å². The van der Waals surface area contributed by atoms with E-state index >= 15 is 0 Å². The number of hydrogen-bond donors (Lipinski definition) is 0. The lowest BCUT2D eigenvalue weighted by molar-refractivity contribution is 0.768. The van der Waals surface area contributed by atoms with Gasteiger partial charge in [-0.2, -0.15) is 5.10 Å². The molecule has 2 heterocycles. The van der Waals surface area contributed by atoms with Crippen molar-refractivity contribution >= 4 is 10.8 Å². The minimum Gasteiger partial charge on any atom is -0.275 e. The van der Waals surface area contributed by atoms with Gasteiger partial charge in [0.05, 0.1) is 6.20 Å². The molecule has 2 aromatic carbocycles. The number of aromatic nitrogens is 3. The van der Waals surface area contributed by atoms with Crippen molar-refractivity contribution in [2.24, 2.45) is 7.05 Å². The maximum atomic E-state index is 4.36. The number of aryl methyl sites for hydroxylation is 1. The Morgan fingerprint density at radius 1 is 0.773 bits per heavy atom. The molecule has 0 bridgehead atoms. The summed E-state index contributed by atoms with van der Waals surface area (Å²) in [6.07, 6.45) is 7.74. The van der Waals surface area contributed by atoms with Gasteiger partial charge < -0.3 is 0 Å². The van der Waals surface area contributed by atoms with Crippen LogP contribution < -0.4 is 0 Å². The molecule has 4 rings (SSSR count). The zero-order chi connectivity index (χ0) is 14.9. The third-order valence-electron chi connectivity index (χ3n) is 3.90. The summed E-state index contributed by atoms with van der Waals surface area (Å²) in [4.78, 5) is 4.36. The largest absolute Gasteiger partial charge is 0.275 e. The standard InChI is InChI=1S/C19H15N3/c1-22-13-17(11-21-22)14-6-8-15(9-7-14)19-12-20-10-16-4-2-3-5-18(16)19/h2-13H,1H3. The van der Waals surface area contributed by atoms with Crippen molar-refractivity contribution in [3.63, 3.8) is 0 Å². The van der Waals surface area contributed by atoms with Crippen molar-refractivity contribution in [2.45, 2.75) is 0 Å². The maximum Gasteiger partial charge on any atom is 0.0568 e. The molecule has 0 saturated heterocycles. The number of hydrogen-bond acceptors (Lipinski definition) is 2. The molecule has 3 nitrogen and oxygen atoms in total. The minimum atomic E-state index is 1.13. The summed E-state index contributed by atoms with van der Waals surface area (Å²) < 4.78 is 1.82. The molecule has 3 heteroatoms. The lowest BCUT2D eigenvalue weighted by Crippen LogP contribution is -1.85. The zero-order valence-corrected chi connectivity index (χ0v) is 12.3. The Bertz CT molecular complexity index is 931. The molecule has 0 fully saturated rings. The predicted molar refractivity (Wildman–Crippen MR) is 89.4 cm³/mol. The molecule has 2 aromatic heterocycles. The molecule has 0 aliphatic carbocycles. The van der Waals surface area contributed by atoms with E-state index in [9.17, 15) is 0 Å². The summed E-state index contributed by atoms with van der Waals surface area (Å²) in [5.74, 6) is 0. The second kappa shape index (κ2) is 5.11. The molecule has 106 valence electrons. The molecule has 0 aliphatic heterocycles. The van der Waals surface area contributed by atoms with Crippen LogP contribution >= 0.6 is 0 Å². The van der Waals surface area contributed by atoms with Gasteiger partial charge in [-0.3, -0.25) is 9.67 Å². The first-order valence-electron chi connectivity index (χ1n) is 7.23. The highest BCUT2D eigenvalue weighted by Gasteiger charge is 2.05. The Kier molecular flexibility index (Phi) is 2.97. The Hall–Kier alpha value is -2.94. The molecule has 4 aromatic rings. The highest BCUT2D eigenvalue weighted by atomic mass is 15.2. The average molecular weight is 285 g/mol. The summed E-state index contributed by atoms with van der Waals surface area (Å²) in [6, 6.07) is 16.9. The predicted octanol–water partition coefficient (Wildman–Crippen LogP) is 4.30. The van der Waals surface area contributed by atoms with Crippen LogP contribution in [-0.2, 0) is 7.05 Å². The first kappa shape index (κ1) is 12.8. The molecule has 0 atom stereocenters. The van der Waals surface area contributed by atoms with E-state index in [1.54, 1.807) is 0 Å². The molecular formula is C19H15N3. The fourth-order valence-corrected chi connectivity index (χ4v) is 2.76. The highest BCUT2D eigenvalue weighted by Crippen LogP contribution is 2.29. The number of fused-ring (bicyclic) bond motifs is 1. The fraction of sp³-hybridized carbons (Fsp3) is 0.0526. The van der Waals surface area contributed by atoms with Crippen molar-refractivity contribution in [1.82, 2.24) is 14.8 Å². The Balaban J connectivity index is 1.79. The van der Waals surface area contributed by atoms with Gasteiger partial charge in [0, 0.05) is 42.2 Å². The molecule has 22 heavy (non-hydrogen) atoms. The maximum absolute atomic E-state index is 4.36. The van der Waals surface area contributed by atoms with E-state index < -0.39 is 0 Å². The van der Waals surface area contributed by atoms with Gasteiger partial charge in [0.2, 0.25) is 0 Å². The molecule has 0 spiro atoms. The lowest BCUT2D eigenvalue weighted by atomic mass is 9.99. The second-order valence-corrected chi connectivity index (χ2v) is 5.39. The Morgan fingerprint density at radius 3 is 2.32 bits per heavy atom. The SMILES string of the molecule is Cn1cc(-c2ccc(-c3cncc4ccccc34)cc2)cn1. The number of benzene rings is 2. The van der Waals surface area contributed by atoms with Crippen molar-refractivity contribution in [3.05, 3.63) is 73.3 Å². The Morgan fingerprint density at radius 2 is 1.55 bits per heavy atom. The van der Waals surface area contributed by atoms with E-state index in [-0.39, 0.29) is 0 Å². The van der Waals surface area contributed by atoms with Gasteiger partial charge in [0.25, 0.3) is 0 Å². The first-order valence-corrected chi connectivity index (χ1v) is 7.23. The number of pyridine rings is 1. The minimum absolute atomic E-state index is 1.13. The van der Waals surface area contributed by atoms with E-state index in [0.29, 0.717) is 0 Å². The van der Waals surface area contributed by atoms with E-state index in [0.717, 1.165) is 16.5 Å². The molecular weight excluding hydrogens is 270 g/mol. The third kappa shape index (κ3) is 2.17. The van der Waals surface area contributed by atoms with Crippen LogP contribution in [0.1, 0.15) is 0 Å². The van der Waals surface area contributed by atoms with E-state index in [2.05, 4.69) is 52.5 Å². The average Bonchev–Trinajstić information content (AvgIpc) is 3.01. The summed E-state index contributed by atoms with van der Waals surface area (Å²) >= 11 is 0. The monoisotopic (exact) mass is 285 g/mol. The van der Waals surface area contributed by atoms with Gasteiger partial charge in [0.15, 0.2) is 0 Å². The topological polar surface area (TPSA) is 30.7 Å². The Labute approximate surface area is 128 Å². The first-order chi connectivity index (χ1) is 10.8. The quantitative estimate of drug-likeness (QED) is 0.549. The van der Waals surface area contributed by atoms with Gasteiger partial charge in [-0.1, -0.05) is 48.5 Å². The van der Waals surface area contributed by atoms with Crippen LogP contribution in [0, 0.1) is 0 Å². The fourth-order valence-electron chi connectivity index (χ4n) is 2.76. The van der Waals surface area contributed by atoms with Gasteiger partial charge in [-0.05, 0) is 16.5 Å². The van der Waals surface area contributed by atoms with Crippen molar-refractivity contribution in [1.29, 1.82) is 0 Å². The van der Waals surface area contributed by atoms with Crippen LogP contribution in [0.4, 0.5) is 0 Å². The van der Waals surface area contributed by atoms with E-state index in [1.807, 2.05) is 42.6 Å². The van der Waals surface area contributed by atoms with Crippen molar-refractivity contribution in [3.8, 4) is 22.3 Å². The van der Waals surface area contributed by atoms with Crippen LogP contribution in [-0.4, -0.2) is 14.8 Å². The summed E-state index contributed by atoms with van der Waals surface area (Å²) in [5.41, 5.74) is 4.64. The third-order valence-corrected chi connectivity index (χ3v) is 3.90. The molecule has 0 saturated carbocycles. The highest BCUT2D eigenvalue weighted by molar-refractivity contribution is 5.95. The molecule has 0 unspecified atom stereocenters. The number of nitrogens with zero attached hydrogens (tertiary/aromatic N) is 3. The molecule has 0 N–H and O–H groups in total. The van der Waals surface area contributed by atoms with Gasteiger partial charge >= 0.3 is 0 Å². The normalized spacial score (nSPS) is 11.0. The van der Waals surface area contributed by atoms with Crippen LogP contribution in [0.2, 0.25) is 0 Å². The van der Waals surface area contributed by atoms with Crippen molar-refractivity contribution in [2.75, 3.05) is 0 Å². The van der Waals surface area contributed by atoms with Crippen molar-refractivity contribution < 1.29 is 0 Å². The van der Waals surface area contributed by atoms with Gasteiger partial charge in [-0.25, -0.2) is 0 Å². The summed E-state index contributed by atoms with van der Waals surface area (Å²) in [6.45, 7) is 0. The summed E-state index contributed by atoms with van der Waals surface area (Å²) in [5, 5.41) is 6.61. The molecule has 0 radical (unpaired) electrons.